The quantitative estimate of drug-likeness (QED) is 0.794. The van der Waals surface area contributed by atoms with Gasteiger partial charge in [-0.15, -0.1) is 11.3 Å². The lowest BCUT2D eigenvalue weighted by Gasteiger charge is -2.39. The molecule has 1 fully saturated rings. The van der Waals surface area contributed by atoms with E-state index in [0.29, 0.717) is 12.3 Å². The van der Waals surface area contributed by atoms with Gasteiger partial charge in [0.15, 0.2) is 10.8 Å². The summed E-state index contributed by atoms with van der Waals surface area (Å²) >= 11 is 1.48. The van der Waals surface area contributed by atoms with E-state index in [1.807, 2.05) is 0 Å². The third kappa shape index (κ3) is 3.25. The van der Waals surface area contributed by atoms with Crippen LogP contribution < -0.4 is 4.90 Å². The van der Waals surface area contributed by atoms with E-state index in [0.717, 1.165) is 31.1 Å². The average molecular weight is 284 g/mol. The molecule has 2 rings (SSSR count). The Bertz CT molecular complexity index is 449. The number of methoxy groups -OCH3 is 1. The van der Waals surface area contributed by atoms with Crippen LogP contribution in [-0.2, 0) is 9.47 Å². The lowest BCUT2D eigenvalue weighted by Crippen LogP contribution is -2.47. The second-order valence-electron chi connectivity index (χ2n) is 4.91. The van der Waals surface area contributed by atoms with Gasteiger partial charge >= 0.3 is 5.97 Å². The van der Waals surface area contributed by atoms with Gasteiger partial charge in [0, 0.05) is 25.6 Å². The molecule has 0 amide bonds. The first-order valence-corrected chi connectivity index (χ1v) is 7.38. The van der Waals surface area contributed by atoms with Crippen LogP contribution in [0.25, 0.3) is 0 Å². The molecular formula is C13H20N2O3S. The molecule has 1 atom stereocenters. The van der Waals surface area contributed by atoms with Crippen LogP contribution >= 0.6 is 11.3 Å². The molecule has 19 heavy (non-hydrogen) atoms. The van der Waals surface area contributed by atoms with Gasteiger partial charge in [0.2, 0.25) is 0 Å². The summed E-state index contributed by atoms with van der Waals surface area (Å²) in [7, 11) is 1.75. The van der Waals surface area contributed by atoms with E-state index < -0.39 is 0 Å². The number of hydrogen-bond donors (Lipinski definition) is 0. The summed E-state index contributed by atoms with van der Waals surface area (Å²) in [5.41, 5.74) is 0.264. The summed E-state index contributed by atoms with van der Waals surface area (Å²) in [5.74, 6) is -0.350. The number of thiazole rings is 1. The Balaban J connectivity index is 2.08. The van der Waals surface area contributed by atoms with Crippen molar-refractivity contribution in [3.8, 4) is 0 Å². The SMILES string of the molecule is CCOC(=O)c1csc(N2CCCC(C)(OC)C2)n1. The molecule has 0 aliphatic carbocycles. The Labute approximate surface area is 117 Å². The number of rotatable bonds is 4. The molecule has 106 valence electrons. The average Bonchev–Trinajstić information content (AvgIpc) is 2.89. The number of aromatic nitrogens is 1. The number of nitrogens with zero attached hydrogens (tertiary/aromatic N) is 2. The van der Waals surface area contributed by atoms with Crippen LogP contribution in [-0.4, -0.2) is 43.4 Å². The zero-order valence-electron chi connectivity index (χ0n) is 11.6. The first-order valence-electron chi connectivity index (χ1n) is 6.51. The molecule has 0 bridgehead atoms. The standard InChI is InChI=1S/C13H20N2O3S/c1-4-18-11(16)10-8-19-12(14-10)15-7-5-6-13(2,9-15)17-3/h8H,4-7,9H2,1-3H3. The maximum absolute atomic E-state index is 11.6. The second-order valence-corrected chi connectivity index (χ2v) is 5.75. The predicted molar refractivity (Wildman–Crippen MR) is 74.9 cm³/mol. The zero-order chi connectivity index (χ0) is 13.9. The predicted octanol–water partition coefficient (Wildman–Crippen LogP) is 2.33. The van der Waals surface area contributed by atoms with Crippen LogP contribution in [0.3, 0.4) is 0 Å². The summed E-state index contributed by atoms with van der Waals surface area (Å²) in [6.07, 6.45) is 2.12. The van der Waals surface area contributed by atoms with Crippen molar-refractivity contribution in [2.45, 2.75) is 32.3 Å². The van der Waals surface area contributed by atoms with E-state index in [4.69, 9.17) is 9.47 Å². The molecule has 1 aromatic heterocycles. The number of piperidine rings is 1. The topological polar surface area (TPSA) is 51.7 Å². The summed E-state index contributed by atoms with van der Waals surface area (Å²) in [5, 5.41) is 2.62. The van der Waals surface area contributed by atoms with Gasteiger partial charge < -0.3 is 14.4 Å². The number of carbonyl (C=O) groups is 1. The third-order valence-corrected chi connectivity index (χ3v) is 4.30. The molecule has 0 aromatic carbocycles. The fraction of sp³-hybridized carbons (Fsp3) is 0.692. The van der Waals surface area contributed by atoms with Crippen LogP contribution in [0.5, 0.6) is 0 Å². The van der Waals surface area contributed by atoms with Crippen LogP contribution in [0.15, 0.2) is 5.38 Å². The summed E-state index contributed by atoms with van der Waals surface area (Å²) < 4.78 is 10.5. The number of esters is 1. The van der Waals surface area contributed by atoms with Crippen LogP contribution in [0.4, 0.5) is 5.13 Å². The first-order chi connectivity index (χ1) is 9.08. The number of carbonyl (C=O) groups excluding carboxylic acids is 1. The zero-order valence-corrected chi connectivity index (χ0v) is 12.5. The van der Waals surface area contributed by atoms with Gasteiger partial charge in [0.1, 0.15) is 0 Å². The first kappa shape index (κ1) is 14.3. The van der Waals surface area contributed by atoms with Gasteiger partial charge in [0.25, 0.3) is 0 Å². The Morgan fingerprint density at radius 1 is 1.63 bits per heavy atom. The van der Waals surface area contributed by atoms with Crippen molar-refractivity contribution in [2.75, 3.05) is 31.7 Å². The molecule has 5 nitrogen and oxygen atoms in total. The number of anilines is 1. The smallest absolute Gasteiger partial charge is 0.357 e. The third-order valence-electron chi connectivity index (χ3n) is 3.40. The van der Waals surface area contributed by atoms with E-state index in [2.05, 4.69) is 16.8 Å². The molecule has 1 saturated heterocycles. The van der Waals surface area contributed by atoms with Crippen LogP contribution in [0, 0.1) is 0 Å². The van der Waals surface area contributed by atoms with Crippen molar-refractivity contribution in [2.24, 2.45) is 0 Å². The molecule has 1 aromatic rings. The van der Waals surface area contributed by atoms with Crippen LogP contribution in [0.1, 0.15) is 37.2 Å². The highest BCUT2D eigenvalue weighted by Crippen LogP contribution is 2.30. The maximum atomic E-state index is 11.6. The molecular weight excluding hydrogens is 264 g/mol. The largest absolute Gasteiger partial charge is 0.461 e. The minimum atomic E-state index is -0.350. The number of hydrogen-bond acceptors (Lipinski definition) is 6. The van der Waals surface area contributed by atoms with Crippen molar-refractivity contribution in [3.05, 3.63) is 11.1 Å². The second kappa shape index (κ2) is 5.88. The summed E-state index contributed by atoms with van der Waals surface area (Å²) in [6.45, 7) is 6.03. The molecule has 2 heterocycles. The summed E-state index contributed by atoms with van der Waals surface area (Å²) in [4.78, 5) is 18.2. The molecule has 1 aliphatic rings. The molecule has 0 spiro atoms. The highest BCUT2D eigenvalue weighted by Gasteiger charge is 2.32. The van der Waals surface area contributed by atoms with Gasteiger partial charge in [-0.05, 0) is 26.7 Å². The van der Waals surface area contributed by atoms with E-state index >= 15 is 0 Å². The highest BCUT2D eigenvalue weighted by atomic mass is 32.1. The van der Waals surface area contributed by atoms with Crippen molar-refractivity contribution in [1.82, 2.24) is 4.98 Å². The van der Waals surface area contributed by atoms with Crippen molar-refractivity contribution in [1.29, 1.82) is 0 Å². The Hall–Kier alpha value is -1.14. The molecule has 1 aliphatic heterocycles. The number of ether oxygens (including phenoxy) is 2. The minimum absolute atomic E-state index is 0.131. The Morgan fingerprint density at radius 3 is 3.11 bits per heavy atom. The summed E-state index contributed by atoms with van der Waals surface area (Å²) in [6, 6.07) is 0. The molecule has 0 radical (unpaired) electrons. The molecule has 1 unspecified atom stereocenters. The van der Waals surface area contributed by atoms with Gasteiger partial charge in [-0.2, -0.15) is 0 Å². The van der Waals surface area contributed by atoms with Gasteiger partial charge in [0.05, 0.1) is 12.2 Å². The fourth-order valence-electron chi connectivity index (χ4n) is 2.24. The van der Waals surface area contributed by atoms with Gasteiger partial charge in [-0.1, -0.05) is 0 Å². The molecule has 6 heteroatoms. The Morgan fingerprint density at radius 2 is 2.42 bits per heavy atom. The van der Waals surface area contributed by atoms with E-state index in [1.54, 1.807) is 19.4 Å². The Kier molecular flexibility index (Phi) is 4.42. The normalized spacial score (nSPS) is 23.4. The highest BCUT2D eigenvalue weighted by molar-refractivity contribution is 7.13. The van der Waals surface area contributed by atoms with Crippen molar-refractivity contribution in [3.63, 3.8) is 0 Å². The maximum Gasteiger partial charge on any atom is 0.357 e. The molecule has 0 N–H and O–H groups in total. The van der Waals surface area contributed by atoms with Crippen molar-refractivity contribution >= 4 is 22.4 Å². The fourth-order valence-corrected chi connectivity index (χ4v) is 3.07. The lowest BCUT2D eigenvalue weighted by molar-refractivity contribution is -0.00466. The van der Waals surface area contributed by atoms with E-state index in [1.165, 1.54) is 11.3 Å². The molecule has 0 saturated carbocycles. The van der Waals surface area contributed by atoms with Crippen molar-refractivity contribution < 1.29 is 14.3 Å². The van der Waals surface area contributed by atoms with E-state index in [-0.39, 0.29) is 11.6 Å². The van der Waals surface area contributed by atoms with E-state index in [9.17, 15) is 4.79 Å². The van der Waals surface area contributed by atoms with Gasteiger partial charge in [-0.25, -0.2) is 9.78 Å². The monoisotopic (exact) mass is 284 g/mol. The van der Waals surface area contributed by atoms with Crippen LogP contribution in [0.2, 0.25) is 0 Å². The lowest BCUT2D eigenvalue weighted by atomic mass is 9.95. The minimum Gasteiger partial charge on any atom is -0.461 e. The van der Waals surface area contributed by atoms with Gasteiger partial charge in [-0.3, -0.25) is 0 Å².